The Morgan fingerprint density at radius 1 is 1.21 bits per heavy atom. The lowest BCUT2D eigenvalue weighted by Crippen LogP contribution is -2.48. The van der Waals surface area contributed by atoms with Gasteiger partial charge in [0, 0.05) is 43.1 Å². The van der Waals surface area contributed by atoms with E-state index in [9.17, 15) is 4.79 Å². The van der Waals surface area contributed by atoms with E-state index < -0.39 is 0 Å². The second-order valence-electron chi connectivity index (χ2n) is 6.67. The molecule has 1 saturated carbocycles. The van der Waals surface area contributed by atoms with Crippen molar-refractivity contribution in [3.63, 3.8) is 0 Å². The first-order chi connectivity index (χ1) is 11.7. The third kappa shape index (κ3) is 2.98. The highest BCUT2D eigenvalue weighted by atomic mass is 16.2. The van der Waals surface area contributed by atoms with Crippen LogP contribution in [0, 0.1) is 6.92 Å². The van der Waals surface area contributed by atoms with E-state index in [2.05, 4.69) is 31.1 Å². The Balaban J connectivity index is 1.45. The normalized spacial score (nSPS) is 18.6. The summed E-state index contributed by atoms with van der Waals surface area (Å²) in [5.74, 6) is 1.10. The molecule has 7 heteroatoms. The zero-order valence-corrected chi connectivity index (χ0v) is 13.9. The van der Waals surface area contributed by atoms with Crippen molar-refractivity contribution in [3.8, 4) is 0 Å². The van der Waals surface area contributed by atoms with Crippen LogP contribution >= 0.6 is 0 Å². The van der Waals surface area contributed by atoms with Gasteiger partial charge in [-0.25, -0.2) is 9.97 Å². The van der Waals surface area contributed by atoms with E-state index in [4.69, 9.17) is 0 Å². The summed E-state index contributed by atoms with van der Waals surface area (Å²) in [6.45, 7) is 3.56. The summed E-state index contributed by atoms with van der Waals surface area (Å²) in [7, 11) is 0. The van der Waals surface area contributed by atoms with Crippen molar-refractivity contribution in [2.75, 3.05) is 18.0 Å². The van der Waals surface area contributed by atoms with E-state index in [1.165, 1.54) is 12.8 Å². The number of nitrogens with zero attached hydrogens (tertiary/aromatic N) is 5. The summed E-state index contributed by atoms with van der Waals surface area (Å²) < 4.78 is 0. The first kappa shape index (κ1) is 15.1. The lowest BCUT2D eigenvalue weighted by atomic mass is 10.0. The maximum Gasteiger partial charge on any atom is 0.257 e. The highest BCUT2D eigenvalue weighted by Crippen LogP contribution is 2.35. The SMILES string of the molecule is Cc1cc(N(C2CC2)C2CCN(C(=O)c3cn[nH]c3)CC2)ncn1. The molecule has 2 fully saturated rings. The van der Waals surface area contributed by atoms with Crippen LogP contribution in [0.4, 0.5) is 5.82 Å². The molecule has 0 unspecified atom stereocenters. The lowest BCUT2D eigenvalue weighted by molar-refractivity contribution is 0.0712. The molecular formula is C17H22N6O. The number of anilines is 1. The number of carbonyl (C=O) groups is 1. The number of likely N-dealkylation sites (tertiary alicyclic amines) is 1. The van der Waals surface area contributed by atoms with Crippen LogP contribution in [0.3, 0.4) is 0 Å². The highest BCUT2D eigenvalue weighted by molar-refractivity contribution is 5.93. The van der Waals surface area contributed by atoms with Gasteiger partial charge >= 0.3 is 0 Å². The van der Waals surface area contributed by atoms with E-state index in [0.717, 1.165) is 37.4 Å². The van der Waals surface area contributed by atoms with E-state index in [0.29, 0.717) is 17.6 Å². The van der Waals surface area contributed by atoms with Crippen molar-refractivity contribution in [3.05, 3.63) is 36.0 Å². The first-order valence-electron chi connectivity index (χ1n) is 8.57. The quantitative estimate of drug-likeness (QED) is 0.926. The summed E-state index contributed by atoms with van der Waals surface area (Å²) in [6.07, 6.45) is 9.32. The van der Waals surface area contributed by atoms with Gasteiger partial charge in [-0.2, -0.15) is 5.10 Å². The predicted octanol–water partition coefficient (Wildman–Crippen LogP) is 1.78. The second-order valence-corrected chi connectivity index (χ2v) is 6.67. The van der Waals surface area contributed by atoms with Crippen molar-refractivity contribution in [1.82, 2.24) is 25.1 Å². The monoisotopic (exact) mass is 326 g/mol. The third-order valence-corrected chi connectivity index (χ3v) is 4.88. The Morgan fingerprint density at radius 3 is 2.58 bits per heavy atom. The molecule has 0 aromatic carbocycles. The van der Waals surface area contributed by atoms with Gasteiger partial charge in [-0.05, 0) is 32.6 Å². The van der Waals surface area contributed by atoms with Crippen molar-refractivity contribution >= 4 is 11.7 Å². The van der Waals surface area contributed by atoms with E-state index in [-0.39, 0.29) is 5.91 Å². The van der Waals surface area contributed by atoms with Gasteiger partial charge in [-0.15, -0.1) is 0 Å². The average Bonchev–Trinajstić information content (AvgIpc) is 3.27. The summed E-state index contributed by atoms with van der Waals surface area (Å²) >= 11 is 0. The minimum absolute atomic E-state index is 0.0676. The Morgan fingerprint density at radius 2 is 1.96 bits per heavy atom. The fraction of sp³-hybridized carbons (Fsp3) is 0.529. The zero-order chi connectivity index (χ0) is 16.5. The molecular weight excluding hydrogens is 304 g/mol. The molecule has 0 spiro atoms. The van der Waals surface area contributed by atoms with E-state index >= 15 is 0 Å². The zero-order valence-electron chi connectivity index (χ0n) is 13.9. The number of amides is 1. The van der Waals surface area contributed by atoms with Gasteiger partial charge in [0.25, 0.3) is 5.91 Å². The molecule has 24 heavy (non-hydrogen) atoms. The summed E-state index contributed by atoms with van der Waals surface area (Å²) in [4.78, 5) is 25.5. The number of piperidine rings is 1. The van der Waals surface area contributed by atoms with Gasteiger partial charge in [-0.1, -0.05) is 0 Å². The average molecular weight is 326 g/mol. The van der Waals surface area contributed by atoms with Crippen LogP contribution in [0.2, 0.25) is 0 Å². The molecule has 1 N–H and O–H groups in total. The fourth-order valence-corrected chi connectivity index (χ4v) is 3.50. The number of aryl methyl sites for hydroxylation is 1. The maximum absolute atomic E-state index is 12.4. The molecule has 0 radical (unpaired) electrons. The molecule has 3 heterocycles. The fourth-order valence-electron chi connectivity index (χ4n) is 3.50. The number of H-pyrrole nitrogens is 1. The molecule has 2 aromatic heterocycles. The van der Waals surface area contributed by atoms with E-state index in [1.807, 2.05) is 11.8 Å². The van der Waals surface area contributed by atoms with Crippen LogP contribution in [-0.2, 0) is 0 Å². The van der Waals surface area contributed by atoms with Gasteiger partial charge in [0.15, 0.2) is 0 Å². The number of carbonyl (C=O) groups excluding carboxylic acids is 1. The van der Waals surface area contributed by atoms with Crippen LogP contribution < -0.4 is 4.90 Å². The third-order valence-electron chi connectivity index (χ3n) is 4.88. The topological polar surface area (TPSA) is 78.0 Å². The van der Waals surface area contributed by atoms with Crippen molar-refractivity contribution in [2.24, 2.45) is 0 Å². The number of hydrogen-bond donors (Lipinski definition) is 1. The second kappa shape index (κ2) is 6.22. The molecule has 126 valence electrons. The van der Waals surface area contributed by atoms with Gasteiger partial charge in [0.2, 0.25) is 0 Å². The Bertz CT molecular complexity index is 704. The van der Waals surface area contributed by atoms with Crippen LogP contribution in [-0.4, -0.2) is 56.1 Å². The molecule has 0 atom stereocenters. The number of hydrogen-bond acceptors (Lipinski definition) is 5. The maximum atomic E-state index is 12.4. The molecule has 1 saturated heterocycles. The Kier molecular flexibility index (Phi) is 3.92. The van der Waals surface area contributed by atoms with Crippen LogP contribution in [0.1, 0.15) is 41.7 Å². The molecule has 7 nitrogen and oxygen atoms in total. The van der Waals surface area contributed by atoms with Gasteiger partial charge in [0.1, 0.15) is 12.1 Å². The lowest BCUT2D eigenvalue weighted by Gasteiger charge is -2.39. The summed E-state index contributed by atoms with van der Waals surface area (Å²) in [5, 5.41) is 6.57. The highest BCUT2D eigenvalue weighted by Gasteiger charge is 2.37. The van der Waals surface area contributed by atoms with Crippen LogP contribution in [0.25, 0.3) is 0 Å². The summed E-state index contributed by atoms with van der Waals surface area (Å²) in [5.41, 5.74) is 1.64. The molecule has 2 aliphatic rings. The molecule has 1 aliphatic carbocycles. The number of rotatable bonds is 4. The Hall–Kier alpha value is -2.44. The van der Waals surface area contributed by atoms with Crippen molar-refractivity contribution in [2.45, 2.75) is 44.7 Å². The Labute approximate surface area is 141 Å². The molecule has 1 aliphatic heterocycles. The van der Waals surface area contributed by atoms with Gasteiger partial charge in [-0.3, -0.25) is 9.89 Å². The smallest absolute Gasteiger partial charge is 0.257 e. The van der Waals surface area contributed by atoms with Gasteiger partial charge < -0.3 is 9.80 Å². The minimum Gasteiger partial charge on any atom is -0.350 e. The van der Waals surface area contributed by atoms with Crippen molar-refractivity contribution in [1.29, 1.82) is 0 Å². The number of aromatic amines is 1. The van der Waals surface area contributed by atoms with Crippen LogP contribution in [0.15, 0.2) is 24.8 Å². The predicted molar refractivity (Wildman–Crippen MR) is 89.8 cm³/mol. The van der Waals surface area contributed by atoms with Gasteiger partial charge in [0.05, 0.1) is 11.8 Å². The van der Waals surface area contributed by atoms with Crippen LogP contribution in [0.5, 0.6) is 0 Å². The first-order valence-corrected chi connectivity index (χ1v) is 8.57. The van der Waals surface area contributed by atoms with Crippen molar-refractivity contribution < 1.29 is 4.79 Å². The number of nitrogens with one attached hydrogen (secondary N) is 1. The standard InChI is InChI=1S/C17H22N6O/c1-12-8-16(19-11-18-12)23(14-2-3-14)15-4-6-22(7-5-15)17(24)13-9-20-21-10-13/h8-11,14-15H,2-7H2,1H3,(H,20,21). The number of aromatic nitrogens is 4. The molecule has 2 aromatic rings. The largest absolute Gasteiger partial charge is 0.350 e. The van der Waals surface area contributed by atoms with E-state index in [1.54, 1.807) is 18.7 Å². The minimum atomic E-state index is 0.0676. The molecule has 1 amide bonds. The molecule has 4 rings (SSSR count). The summed E-state index contributed by atoms with van der Waals surface area (Å²) in [6, 6.07) is 3.11. The molecule has 0 bridgehead atoms.